The molecule has 0 saturated carbocycles. The van der Waals surface area contributed by atoms with Crippen molar-refractivity contribution in [2.75, 3.05) is 11.9 Å². The first-order valence-electron chi connectivity index (χ1n) is 9.31. The Labute approximate surface area is 170 Å². The summed E-state index contributed by atoms with van der Waals surface area (Å²) in [7, 11) is 0. The molecule has 2 aromatic carbocycles. The van der Waals surface area contributed by atoms with E-state index in [-0.39, 0.29) is 12.5 Å². The highest BCUT2D eigenvalue weighted by Gasteiger charge is 2.16. The van der Waals surface area contributed by atoms with Crippen LogP contribution in [-0.4, -0.2) is 35.7 Å². The third-order valence-electron chi connectivity index (χ3n) is 4.13. The summed E-state index contributed by atoms with van der Waals surface area (Å²) in [6, 6.07) is 16.2. The zero-order valence-corrected chi connectivity index (χ0v) is 16.3. The second-order valence-electron chi connectivity index (χ2n) is 6.58. The maximum atomic E-state index is 11.6. The van der Waals surface area contributed by atoms with Crippen LogP contribution >= 0.6 is 0 Å². The molecule has 7 heteroatoms. The quantitative estimate of drug-likeness (QED) is 0.322. The number of benzene rings is 2. The summed E-state index contributed by atoms with van der Waals surface area (Å²) in [5, 5.41) is 12.8. The van der Waals surface area contributed by atoms with Gasteiger partial charge in [0.05, 0.1) is 6.10 Å². The van der Waals surface area contributed by atoms with Crippen LogP contribution in [0.1, 0.15) is 24.5 Å². The number of aliphatic hydroxyl groups is 1. The van der Waals surface area contributed by atoms with Gasteiger partial charge in [0.2, 0.25) is 5.91 Å². The van der Waals surface area contributed by atoms with Gasteiger partial charge in [-0.25, -0.2) is 4.79 Å². The minimum atomic E-state index is -0.973. The van der Waals surface area contributed by atoms with Crippen molar-refractivity contribution in [2.45, 2.75) is 31.9 Å². The lowest BCUT2D eigenvalue weighted by atomic mass is 10.0. The minimum absolute atomic E-state index is 0.126. The van der Waals surface area contributed by atoms with E-state index in [1.807, 2.05) is 54.6 Å². The van der Waals surface area contributed by atoms with Crippen LogP contribution in [0.2, 0.25) is 0 Å². The fourth-order valence-corrected chi connectivity index (χ4v) is 2.53. The number of aliphatic hydroxyl groups excluding tert-OH is 1. The first-order valence-corrected chi connectivity index (χ1v) is 9.31. The van der Waals surface area contributed by atoms with Gasteiger partial charge in [0.1, 0.15) is 6.61 Å². The van der Waals surface area contributed by atoms with Gasteiger partial charge in [0.25, 0.3) is 0 Å². The highest BCUT2D eigenvalue weighted by molar-refractivity contribution is 5.88. The van der Waals surface area contributed by atoms with Crippen molar-refractivity contribution in [2.24, 2.45) is 5.73 Å². The lowest BCUT2D eigenvalue weighted by Crippen LogP contribution is -2.38. The lowest BCUT2D eigenvalue weighted by Gasteiger charge is -2.18. The minimum Gasteiger partial charge on any atom is -0.389 e. The summed E-state index contributed by atoms with van der Waals surface area (Å²) in [6.45, 7) is 1.24. The number of hydrogen-bond acceptors (Lipinski definition) is 6. The Morgan fingerprint density at radius 1 is 1.14 bits per heavy atom. The number of nitrogens with two attached hydrogens (primary N) is 1. The second kappa shape index (κ2) is 11.8. The smallest absolute Gasteiger partial charge is 0.365 e. The number of nitrogens with one attached hydrogen (secondary N) is 1. The molecule has 2 rings (SSSR count). The van der Waals surface area contributed by atoms with Crippen LogP contribution in [0.3, 0.4) is 0 Å². The predicted octanol–water partition coefficient (Wildman–Crippen LogP) is 2.45. The van der Waals surface area contributed by atoms with Crippen molar-refractivity contribution in [3.05, 3.63) is 71.8 Å². The molecule has 154 valence electrons. The van der Waals surface area contributed by atoms with Crippen LogP contribution in [0.15, 0.2) is 60.7 Å². The van der Waals surface area contributed by atoms with Gasteiger partial charge in [0, 0.05) is 24.7 Å². The Kier molecular flexibility index (Phi) is 9.04. The van der Waals surface area contributed by atoms with E-state index in [0.29, 0.717) is 12.8 Å². The van der Waals surface area contributed by atoms with Crippen LogP contribution in [0.5, 0.6) is 0 Å². The van der Waals surface area contributed by atoms with Gasteiger partial charge < -0.3 is 16.2 Å². The normalized spacial score (nSPS) is 13.1. The van der Waals surface area contributed by atoms with Crippen molar-refractivity contribution in [1.82, 2.24) is 0 Å². The first-order chi connectivity index (χ1) is 13.9. The van der Waals surface area contributed by atoms with E-state index in [2.05, 4.69) is 10.2 Å². The Balaban J connectivity index is 1.66. The second-order valence-corrected chi connectivity index (χ2v) is 6.58. The van der Waals surface area contributed by atoms with Crippen molar-refractivity contribution in [3.63, 3.8) is 0 Å². The zero-order valence-electron chi connectivity index (χ0n) is 16.3. The Bertz CT molecular complexity index is 806. The fraction of sp³-hybridized carbons (Fsp3) is 0.273. The standard InChI is InChI=1S/C22H26N2O5/c1-16(25)24-19-11-7-18(8-12-19)9-13-20(23)21(26)15-28-29-22(27)14-10-17-5-3-2-4-6-17/h2-8,10-12,14,20-21,26H,9,13,15,23H2,1H3,(H,24,25). The molecule has 0 aliphatic rings. The molecular weight excluding hydrogens is 372 g/mol. The first kappa shape index (κ1) is 22.3. The number of amides is 1. The van der Waals surface area contributed by atoms with Crippen LogP contribution in [0.4, 0.5) is 5.69 Å². The van der Waals surface area contributed by atoms with Crippen LogP contribution in [0, 0.1) is 0 Å². The Morgan fingerprint density at radius 3 is 2.48 bits per heavy atom. The third-order valence-corrected chi connectivity index (χ3v) is 4.13. The molecule has 0 fully saturated rings. The molecule has 0 spiro atoms. The van der Waals surface area contributed by atoms with E-state index in [1.165, 1.54) is 13.0 Å². The Morgan fingerprint density at radius 2 is 1.83 bits per heavy atom. The van der Waals surface area contributed by atoms with E-state index in [9.17, 15) is 14.7 Å². The number of rotatable bonds is 10. The van der Waals surface area contributed by atoms with E-state index in [0.717, 1.165) is 16.8 Å². The average Bonchev–Trinajstić information content (AvgIpc) is 2.71. The molecule has 7 nitrogen and oxygen atoms in total. The van der Waals surface area contributed by atoms with Crippen molar-refractivity contribution in [1.29, 1.82) is 0 Å². The summed E-state index contributed by atoms with van der Waals surface area (Å²) in [5.74, 6) is -0.798. The van der Waals surface area contributed by atoms with Crippen molar-refractivity contribution < 1.29 is 24.5 Å². The van der Waals surface area contributed by atoms with Gasteiger partial charge in [-0.15, -0.1) is 0 Å². The predicted molar refractivity (Wildman–Crippen MR) is 111 cm³/mol. The van der Waals surface area contributed by atoms with Crippen LogP contribution in [-0.2, 0) is 25.8 Å². The molecule has 0 saturated heterocycles. The summed E-state index contributed by atoms with van der Waals surface area (Å²) in [6.07, 6.45) is 3.04. The lowest BCUT2D eigenvalue weighted by molar-refractivity contribution is -0.277. The largest absolute Gasteiger partial charge is 0.389 e. The Hall–Kier alpha value is -3.00. The van der Waals surface area contributed by atoms with Gasteiger partial charge in [-0.3, -0.25) is 9.68 Å². The highest BCUT2D eigenvalue weighted by atomic mass is 17.2. The zero-order chi connectivity index (χ0) is 21.1. The molecule has 0 aliphatic carbocycles. The van der Waals surface area contributed by atoms with Gasteiger partial charge >= 0.3 is 5.97 Å². The van der Waals surface area contributed by atoms with E-state index < -0.39 is 18.1 Å². The van der Waals surface area contributed by atoms with E-state index in [4.69, 9.17) is 10.6 Å². The molecular formula is C22H26N2O5. The molecule has 2 atom stereocenters. The number of aryl methyl sites for hydroxylation is 1. The van der Waals surface area contributed by atoms with Gasteiger partial charge in [-0.1, -0.05) is 42.5 Å². The van der Waals surface area contributed by atoms with Gasteiger partial charge in [-0.05, 0) is 42.2 Å². The fourth-order valence-electron chi connectivity index (χ4n) is 2.53. The number of carbonyl (C=O) groups is 2. The number of anilines is 1. The molecule has 2 unspecified atom stereocenters. The summed E-state index contributed by atoms with van der Waals surface area (Å²) < 4.78 is 0. The van der Waals surface area contributed by atoms with Crippen LogP contribution in [0.25, 0.3) is 6.08 Å². The SMILES string of the molecule is CC(=O)Nc1ccc(CCC(N)C(O)COOC(=O)C=Cc2ccccc2)cc1. The van der Waals surface area contributed by atoms with Gasteiger partial charge in [0.15, 0.2) is 0 Å². The summed E-state index contributed by atoms with van der Waals surface area (Å²) in [4.78, 5) is 32.0. The highest BCUT2D eigenvalue weighted by Crippen LogP contribution is 2.12. The molecule has 1 amide bonds. The van der Waals surface area contributed by atoms with Crippen molar-refractivity contribution >= 4 is 23.6 Å². The molecule has 0 aromatic heterocycles. The van der Waals surface area contributed by atoms with Crippen molar-refractivity contribution in [3.8, 4) is 0 Å². The number of hydrogen-bond donors (Lipinski definition) is 3. The molecule has 0 radical (unpaired) electrons. The van der Waals surface area contributed by atoms with E-state index in [1.54, 1.807) is 6.08 Å². The average molecular weight is 398 g/mol. The molecule has 29 heavy (non-hydrogen) atoms. The molecule has 0 aliphatic heterocycles. The monoisotopic (exact) mass is 398 g/mol. The van der Waals surface area contributed by atoms with Gasteiger partial charge in [-0.2, -0.15) is 4.89 Å². The molecule has 0 bridgehead atoms. The van der Waals surface area contributed by atoms with E-state index >= 15 is 0 Å². The molecule has 0 heterocycles. The maximum Gasteiger partial charge on any atom is 0.365 e. The molecule has 2 aromatic rings. The van der Waals surface area contributed by atoms with Crippen LogP contribution < -0.4 is 11.1 Å². The topological polar surface area (TPSA) is 111 Å². The number of carbonyl (C=O) groups excluding carboxylic acids is 2. The summed E-state index contributed by atoms with van der Waals surface area (Å²) >= 11 is 0. The molecule has 4 N–H and O–H groups in total. The third kappa shape index (κ3) is 8.69. The summed E-state index contributed by atoms with van der Waals surface area (Å²) in [5.41, 5.74) is 8.58. The maximum absolute atomic E-state index is 11.6.